The average molecular weight is 246 g/mol. The molecule has 0 radical (unpaired) electrons. The molecule has 2 rings (SSSR count). The van der Waals surface area contributed by atoms with Crippen molar-refractivity contribution >= 4 is 5.95 Å². The van der Waals surface area contributed by atoms with E-state index in [9.17, 15) is 8.78 Å². The number of nitrogens with zero attached hydrogens (tertiary/aromatic N) is 3. The van der Waals surface area contributed by atoms with Crippen molar-refractivity contribution in [2.24, 2.45) is 0 Å². The van der Waals surface area contributed by atoms with Crippen LogP contribution in [0, 0.1) is 23.0 Å². The quantitative estimate of drug-likeness (QED) is 0.844. The van der Waals surface area contributed by atoms with Gasteiger partial charge in [-0.1, -0.05) is 6.07 Å². The van der Waals surface area contributed by atoms with E-state index in [1.165, 1.54) is 18.5 Å². The van der Waals surface area contributed by atoms with E-state index in [1.807, 2.05) is 6.07 Å². The Kier molecular flexibility index (Phi) is 3.44. The Bertz CT molecular complexity index is 590. The smallest absolute Gasteiger partial charge is 0.223 e. The Labute approximate surface area is 102 Å². The SMILES string of the molecule is N#CCNc1ncc(-c2ccc(F)c(F)c2)cn1. The molecule has 1 heterocycles. The van der Waals surface area contributed by atoms with E-state index in [1.54, 1.807) is 0 Å². The molecule has 0 saturated heterocycles. The number of anilines is 1. The summed E-state index contributed by atoms with van der Waals surface area (Å²) in [5.74, 6) is -1.51. The number of nitrogens with one attached hydrogen (secondary N) is 1. The van der Waals surface area contributed by atoms with Gasteiger partial charge in [0.1, 0.15) is 6.54 Å². The largest absolute Gasteiger partial charge is 0.341 e. The van der Waals surface area contributed by atoms with Gasteiger partial charge < -0.3 is 5.32 Å². The molecule has 0 unspecified atom stereocenters. The lowest BCUT2D eigenvalue weighted by atomic mass is 10.1. The van der Waals surface area contributed by atoms with Crippen LogP contribution in [0.15, 0.2) is 30.6 Å². The average Bonchev–Trinajstić information content (AvgIpc) is 2.40. The summed E-state index contributed by atoms with van der Waals surface area (Å²) in [5.41, 5.74) is 1.05. The lowest BCUT2D eigenvalue weighted by Crippen LogP contribution is -2.02. The number of hydrogen-bond donors (Lipinski definition) is 1. The van der Waals surface area contributed by atoms with Crippen LogP contribution >= 0.6 is 0 Å². The summed E-state index contributed by atoms with van der Waals surface area (Å²) in [6.07, 6.45) is 2.94. The molecule has 0 bridgehead atoms. The molecule has 0 atom stereocenters. The number of benzene rings is 1. The lowest BCUT2D eigenvalue weighted by Gasteiger charge is -2.03. The second-order valence-corrected chi connectivity index (χ2v) is 3.44. The van der Waals surface area contributed by atoms with Gasteiger partial charge in [0.05, 0.1) is 6.07 Å². The van der Waals surface area contributed by atoms with Crippen molar-refractivity contribution in [2.45, 2.75) is 0 Å². The highest BCUT2D eigenvalue weighted by molar-refractivity contribution is 5.62. The van der Waals surface area contributed by atoms with Crippen LogP contribution in [-0.4, -0.2) is 16.5 Å². The molecule has 1 N–H and O–H groups in total. The van der Waals surface area contributed by atoms with Gasteiger partial charge in [0, 0.05) is 18.0 Å². The van der Waals surface area contributed by atoms with Crippen LogP contribution in [0.2, 0.25) is 0 Å². The number of rotatable bonds is 3. The zero-order valence-electron chi connectivity index (χ0n) is 9.19. The normalized spacial score (nSPS) is 9.83. The van der Waals surface area contributed by atoms with Gasteiger partial charge in [0.2, 0.25) is 5.95 Å². The first-order chi connectivity index (χ1) is 8.70. The van der Waals surface area contributed by atoms with Crippen LogP contribution in [-0.2, 0) is 0 Å². The summed E-state index contributed by atoms with van der Waals surface area (Å²) in [4.78, 5) is 7.91. The lowest BCUT2D eigenvalue weighted by molar-refractivity contribution is 0.509. The second-order valence-electron chi connectivity index (χ2n) is 3.44. The Morgan fingerprint density at radius 2 is 1.83 bits per heavy atom. The summed E-state index contributed by atoms with van der Waals surface area (Å²) in [5, 5.41) is 11.0. The van der Waals surface area contributed by atoms with E-state index in [0.717, 1.165) is 12.1 Å². The Balaban J connectivity index is 2.23. The van der Waals surface area contributed by atoms with Crippen LogP contribution in [0.4, 0.5) is 14.7 Å². The molecule has 0 aliphatic heterocycles. The molecule has 0 amide bonds. The maximum atomic E-state index is 13.0. The molecule has 0 fully saturated rings. The van der Waals surface area contributed by atoms with Gasteiger partial charge in [-0.3, -0.25) is 0 Å². The molecule has 1 aromatic carbocycles. The molecule has 0 aliphatic carbocycles. The molecule has 1 aromatic heterocycles. The maximum absolute atomic E-state index is 13.0. The van der Waals surface area contributed by atoms with E-state index >= 15 is 0 Å². The van der Waals surface area contributed by atoms with Crippen molar-refractivity contribution in [3.05, 3.63) is 42.2 Å². The number of aromatic nitrogens is 2. The second kappa shape index (κ2) is 5.19. The molecule has 0 spiro atoms. The predicted octanol–water partition coefficient (Wildman–Crippen LogP) is 2.36. The monoisotopic (exact) mass is 246 g/mol. The summed E-state index contributed by atoms with van der Waals surface area (Å²) in [7, 11) is 0. The van der Waals surface area contributed by atoms with Crippen molar-refractivity contribution in [1.29, 1.82) is 5.26 Å². The van der Waals surface area contributed by atoms with E-state index in [2.05, 4.69) is 15.3 Å². The third-order valence-electron chi connectivity index (χ3n) is 2.23. The zero-order chi connectivity index (χ0) is 13.0. The molecule has 18 heavy (non-hydrogen) atoms. The molecule has 4 nitrogen and oxygen atoms in total. The van der Waals surface area contributed by atoms with Gasteiger partial charge in [-0.2, -0.15) is 5.26 Å². The standard InChI is InChI=1S/C12H8F2N4/c13-10-2-1-8(5-11(10)14)9-6-17-12(18-7-9)16-4-3-15/h1-2,5-7H,4H2,(H,16,17,18). The topological polar surface area (TPSA) is 61.6 Å². The van der Waals surface area contributed by atoms with E-state index in [0.29, 0.717) is 17.1 Å². The summed E-state index contributed by atoms with van der Waals surface area (Å²) >= 11 is 0. The first-order valence-electron chi connectivity index (χ1n) is 5.09. The number of nitriles is 1. The highest BCUT2D eigenvalue weighted by Gasteiger charge is 2.05. The first kappa shape index (κ1) is 11.9. The van der Waals surface area contributed by atoms with Crippen LogP contribution < -0.4 is 5.32 Å². The minimum atomic E-state index is -0.917. The number of halogens is 2. The molecular weight excluding hydrogens is 238 g/mol. The van der Waals surface area contributed by atoms with Crippen molar-refractivity contribution in [3.63, 3.8) is 0 Å². The van der Waals surface area contributed by atoms with E-state index < -0.39 is 11.6 Å². The van der Waals surface area contributed by atoms with E-state index in [-0.39, 0.29) is 6.54 Å². The van der Waals surface area contributed by atoms with Gasteiger partial charge in [0.25, 0.3) is 0 Å². The van der Waals surface area contributed by atoms with Crippen LogP contribution in [0.3, 0.4) is 0 Å². The van der Waals surface area contributed by atoms with Gasteiger partial charge in [0.15, 0.2) is 11.6 Å². The Morgan fingerprint density at radius 3 is 2.44 bits per heavy atom. The Morgan fingerprint density at radius 1 is 1.11 bits per heavy atom. The minimum Gasteiger partial charge on any atom is -0.341 e. The summed E-state index contributed by atoms with van der Waals surface area (Å²) in [6, 6.07) is 5.47. The van der Waals surface area contributed by atoms with Gasteiger partial charge in [-0.25, -0.2) is 18.7 Å². The highest BCUT2D eigenvalue weighted by atomic mass is 19.2. The molecule has 2 aromatic rings. The third kappa shape index (κ3) is 2.58. The molecule has 0 aliphatic rings. The molecule has 90 valence electrons. The summed E-state index contributed by atoms with van der Waals surface area (Å²) < 4.78 is 25.8. The van der Waals surface area contributed by atoms with Crippen molar-refractivity contribution < 1.29 is 8.78 Å². The first-order valence-corrected chi connectivity index (χ1v) is 5.09. The van der Waals surface area contributed by atoms with E-state index in [4.69, 9.17) is 5.26 Å². The predicted molar refractivity (Wildman–Crippen MR) is 61.5 cm³/mol. The fourth-order valence-corrected chi connectivity index (χ4v) is 1.36. The van der Waals surface area contributed by atoms with Gasteiger partial charge in [-0.05, 0) is 17.7 Å². The van der Waals surface area contributed by atoms with Gasteiger partial charge >= 0.3 is 0 Å². The van der Waals surface area contributed by atoms with Crippen LogP contribution in [0.25, 0.3) is 11.1 Å². The van der Waals surface area contributed by atoms with Crippen molar-refractivity contribution in [2.75, 3.05) is 11.9 Å². The fourth-order valence-electron chi connectivity index (χ4n) is 1.36. The fraction of sp³-hybridized carbons (Fsp3) is 0.0833. The Hall–Kier alpha value is -2.55. The van der Waals surface area contributed by atoms with Crippen molar-refractivity contribution in [3.8, 4) is 17.2 Å². The highest BCUT2D eigenvalue weighted by Crippen LogP contribution is 2.20. The zero-order valence-corrected chi connectivity index (χ0v) is 9.19. The van der Waals surface area contributed by atoms with Gasteiger partial charge in [-0.15, -0.1) is 0 Å². The van der Waals surface area contributed by atoms with Crippen LogP contribution in [0.5, 0.6) is 0 Å². The summed E-state index contributed by atoms with van der Waals surface area (Å²) in [6.45, 7) is 0.102. The molecule has 6 heteroatoms. The van der Waals surface area contributed by atoms with Crippen LogP contribution in [0.1, 0.15) is 0 Å². The molecule has 0 saturated carbocycles. The van der Waals surface area contributed by atoms with Crippen molar-refractivity contribution in [1.82, 2.24) is 9.97 Å². The minimum absolute atomic E-state index is 0.102. The maximum Gasteiger partial charge on any atom is 0.223 e. The number of hydrogen-bond acceptors (Lipinski definition) is 4. The molecular formula is C12H8F2N4. The third-order valence-corrected chi connectivity index (χ3v) is 2.23.